The molecule has 3 nitrogen and oxygen atoms in total. The fourth-order valence-corrected chi connectivity index (χ4v) is 1.14. The molecule has 0 atom stereocenters. The van der Waals surface area contributed by atoms with Crippen molar-refractivity contribution in [2.45, 2.75) is 46.1 Å². The van der Waals surface area contributed by atoms with Crippen LogP contribution in [0.15, 0.2) is 6.20 Å². The first-order valence-corrected chi connectivity index (χ1v) is 4.75. The highest BCUT2D eigenvalue weighted by molar-refractivity contribution is 4.91. The van der Waals surface area contributed by atoms with Gasteiger partial charge >= 0.3 is 0 Å². The number of aryl methyl sites for hydroxylation is 2. The smallest absolute Gasteiger partial charge is 0.0827 e. The van der Waals surface area contributed by atoms with Gasteiger partial charge < -0.3 is 0 Å². The largest absolute Gasteiger partial charge is 0.252 e. The minimum Gasteiger partial charge on any atom is -0.252 e. The monoisotopic (exact) mass is 167 g/mol. The second-order valence-electron chi connectivity index (χ2n) is 3.08. The number of unbranched alkanes of at least 4 members (excludes halogenated alkanes) is 1. The zero-order valence-corrected chi connectivity index (χ0v) is 7.95. The number of rotatable bonds is 5. The van der Waals surface area contributed by atoms with Gasteiger partial charge in [-0.25, -0.2) is 0 Å². The molecule has 1 rings (SSSR count). The highest BCUT2D eigenvalue weighted by atomic mass is 15.4. The summed E-state index contributed by atoms with van der Waals surface area (Å²) >= 11 is 0. The Morgan fingerprint density at radius 1 is 1.33 bits per heavy atom. The molecule has 0 N–H and O–H groups in total. The lowest BCUT2D eigenvalue weighted by Crippen LogP contribution is -1.97. The van der Waals surface area contributed by atoms with Gasteiger partial charge in [0.2, 0.25) is 0 Å². The average Bonchev–Trinajstić information content (AvgIpc) is 2.50. The van der Waals surface area contributed by atoms with E-state index in [1.807, 2.05) is 4.68 Å². The van der Waals surface area contributed by atoms with Gasteiger partial charge in [0, 0.05) is 12.7 Å². The molecule has 0 aliphatic heterocycles. The van der Waals surface area contributed by atoms with Gasteiger partial charge in [-0.2, -0.15) is 0 Å². The van der Waals surface area contributed by atoms with Gasteiger partial charge in [-0.15, -0.1) is 5.10 Å². The van der Waals surface area contributed by atoms with Crippen molar-refractivity contribution in [1.29, 1.82) is 0 Å². The summed E-state index contributed by atoms with van der Waals surface area (Å²) in [5, 5.41) is 8.11. The van der Waals surface area contributed by atoms with E-state index < -0.39 is 0 Å². The second-order valence-corrected chi connectivity index (χ2v) is 3.08. The Labute approximate surface area is 73.8 Å². The Hall–Kier alpha value is -0.860. The summed E-state index contributed by atoms with van der Waals surface area (Å²) < 4.78 is 1.94. The minimum atomic E-state index is 1.01. The van der Waals surface area contributed by atoms with E-state index >= 15 is 0 Å². The van der Waals surface area contributed by atoms with Crippen molar-refractivity contribution < 1.29 is 0 Å². The summed E-state index contributed by atoms with van der Waals surface area (Å²) in [6.45, 7) is 5.35. The van der Waals surface area contributed by atoms with Crippen LogP contribution in [0, 0.1) is 0 Å². The molecule has 1 aromatic heterocycles. The molecular weight excluding hydrogens is 150 g/mol. The number of hydrogen-bond acceptors (Lipinski definition) is 2. The van der Waals surface area contributed by atoms with Crippen molar-refractivity contribution in [3.63, 3.8) is 0 Å². The molecular formula is C9H17N3. The Kier molecular flexibility index (Phi) is 3.77. The first-order valence-electron chi connectivity index (χ1n) is 4.75. The molecule has 0 bridgehead atoms. The quantitative estimate of drug-likeness (QED) is 0.671. The molecule has 0 saturated heterocycles. The molecule has 0 aliphatic carbocycles. The fourth-order valence-electron chi connectivity index (χ4n) is 1.14. The van der Waals surface area contributed by atoms with Gasteiger partial charge in [-0.3, -0.25) is 4.68 Å². The van der Waals surface area contributed by atoms with Crippen molar-refractivity contribution in [2.24, 2.45) is 0 Å². The van der Waals surface area contributed by atoms with Gasteiger partial charge in [0.05, 0.1) is 5.69 Å². The molecule has 1 heterocycles. The lowest BCUT2D eigenvalue weighted by Gasteiger charge is -1.95. The topological polar surface area (TPSA) is 30.7 Å². The highest BCUT2D eigenvalue weighted by Crippen LogP contribution is 1.98. The van der Waals surface area contributed by atoms with Crippen molar-refractivity contribution in [1.82, 2.24) is 15.0 Å². The molecule has 12 heavy (non-hydrogen) atoms. The van der Waals surface area contributed by atoms with Crippen molar-refractivity contribution in [3.8, 4) is 0 Å². The maximum atomic E-state index is 4.07. The van der Waals surface area contributed by atoms with Crippen molar-refractivity contribution in [3.05, 3.63) is 11.9 Å². The lowest BCUT2D eigenvalue weighted by molar-refractivity contribution is 0.553. The minimum absolute atomic E-state index is 1.01. The van der Waals surface area contributed by atoms with Crippen LogP contribution in [0.3, 0.4) is 0 Å². The normalized spacial score (nSPS) is 10.5. The second kappa shape index (κ2) is 4.91. The summed E-state index contributed by atoms with van der Waals surface area (Å²) in [5.74, 6) is 0. The average molecular weight is 167 g/mol. The van der Waals surface area contributed by atoms with Crippen LogP contribution >= 0.6 is 0 Å². The van der Waals surface area contributed by atoms with E-state index in [1.165, 1.54) is 12.8 Å². The molecule has 0 aliphatic rings. The summed E-state index contributed by atoms with van der Waals surface area (Å²) in [7, 11) is 0. The van der Waals surface area contributed by atoms with E-state index in [1.54, 1.807) is 0 Å². The lowest BCUT2D eigenvalue weighted by atomic mass is 10.3. The zero-order chi connectivity index (χ0) is 8.81. The predicted octanol–water partition coefficient (Wildman–Crippen LogP) is 2.03. The Bertz CT molecular complexity index is 217. The molecule has 0 aromatic carbocycles. The highest BCUT2D eigenvalue weighted by Gasteiger charge is 1.97. The van der Waals surface area contributed by atoms with E-state index in [0.29, 0.717) is 0 Å². The van der Waals surface area contributed by atoms with E-state index in [0.717, 1.165) is 25.1 Å². The molecule has 68 valence electrons. The molecule has 0 saturated carbocycles. The summed E-state index contributed by atoms with van der Waals surface area (Å²) in [6, 6.07) is 0. The third kappa shape index (κ3) is 2.64. The van der Waals surface area contributed by atoms with Gasteiger partial charge in [-0.1, -0.05) is 31.9 Å². The van der Waals surface area contributed by atoms with Crippen LogP contribution in [0.5, 0.6) is 0 Å². The van der Waals surface area contributed by atoms with E-state index in [2.05, 4.69) is 30.4 Å². The van der Waals surface area contributed by atoms with Gasteiger partial charge in [0.25, 0.3) is 0 Å². The molecule has 0 radical (unpaired) electrons. The number of nitrogens with zero attached hydrogens (tertiary/aromatic N) is 3. The Morgan fingerprint density at radius 3 is 2.83 bits per heavy atom. The zero-order valence-electron chi connectivity index (χ0n) is 7.95. The van der Waals surface area contributed by atoms with Crippen LogP contribution in [0.25, 0.3) is 0 Å². The molecule has 1 aromatic rings. The van der Waals surface area contributed by atoms with E-state index in [9.17, 15) is 0 Å². The van der Waals surface area contributed by atoms with Crippen LogP contribution in [0.2, 0.25) is 0 Å². The van der Waals surface area contributed by atoms with E-state index in [4.69, 9.17) is 0 Å². The SMILES string of the molecule is CCCCn1cc(CCC)nn1. The standard InChI is InChI=1S/C9H17N3/c1-3-5-7-12-8-9(6-4-2)10-11-12/h8H,3-7H2,1-2H3. The summed E-state index contributed by atoms with van der Waals surface area (Å²) in [4.78, 5) is 0. The maximum absolute atomic E-state index is 4.07. The van der Waals surface area contributed by atoms with E-state index in [-0.39, 0.29) is 0 Å². The molecule has 0 unspecified atom stereocenters. The third-order valence-corrected chi connectivity index (χ3v) is 1.83. The van der Waals surface area contributed by atoms with Crippen molar-refractivity contribution >= 4 is 0 Å². The predicted molar refractivity (Wildman–Crippen MR) is 48.9 cm³/mol. The van der Waals surface area contributed by atoms with Gasteiger partial charge in [0.15, 0.2) is 0 Å². The third-order valence-electron chi connectivity index (χ3n) is 1.83. The molecule has 0 fully saturated rings. The van der Waals surface area contributed by atoms with Crippen LogP contribution < -0.4 is 0 Å². The van der Waals surface area contributed by atoms with Crippen molar-refractivity contribution in [2.75, 3.05) is 0 Å². The first-order chi connectivity index (χ1) is 5.86. The Morgan fingerprint density at radius 2 is 2.17 bits per heavy atom. The Balaban J connectivity index is 2.41. The van der Waals surface area contributed by atoms with Crippen LogP contribution in [0.1, 0.15) is 38.8 Å². The van der Waals surface area contributed by atoms with Crippen LogP contribution in [-0.2, 0) is 13.0 Å². The summed E-state index contributed by atoms with van der Waals surface area (Å²) in [6.07, 6.45) is 6.65. The summed E-state index contributed by atoms with van der Waals surface area (Å²) in [5.41, 5.74) is 1.12. The van der Waals surface area contributed by atoms with Gasteiger partial charge in [0.1, 0.15) is 0 Å². The maximum Gasteiger partial charge on any atom is 0.0827 e. The first kappa shape index (κ1) is 9.23. The fraction of sp³-hybridized carbons (Fsp3) is 0.778. The van der Waals surface area contributed by atoms with Gasteiger partial charge in [-0.05, 0) is 12.8 Å². The number of hydrogen-bond donors (Lipinski definition) is 0. The number of aromatic nitrogens is 3. The van der Waals surface area contributed by atoms with Crippen LogP contribution in [-0.4, -0.2) is 15.0 Å². The molecule has 3 heteroatoms. The molecule has 0 amide bonds. The van der Waals surface area contributed by atoms with Crippen LogP contribution in [0.4, 0.5) is 0 Å². The molecule has 0 spiro atoms.